The van der Waals surface area contributed by atoms with Gasteiger partial charge in [-0.3, -0.25) is 4.79 Å². The van der Waals surface area contributed by atoms with Gasteiger partial charge in [-0.05, 0) is 5.92 Å². The lowest BCUT2D eigenvalue weighted by Gasteiger charge is -2.30. The molecule has 1 atom stereocenters. The van der Waals surface area contributed by atoms with Crippen molar-refractivity contribution < 1.29 is 14.7 Å². The van der Waals surface area contributed by atoms with E-state index in [1.165, 1.54) is 0 Å². The Balaban J connectivity index is 1.96. The van der Waals surface area contributed by atoms with Crippen molar-refractivity contribution in [2.75, 3.05) is 6.54 Å². The van der Waals surface area contributed by atoms with Crippen LogP contribution < -0.4 is 5.32 Å². The largest absolute Gasteiger partial charge is 0.481 e. The Bertz CT molecular complexity index is 498. The van der Waals surface area contributed by atoms with Crippen LogP contribution in [0, 0.1) is 5.92 Å². The molecule has 0 aromatic carbocycles. The Kier molecular flexibility index (Phi) is 4.26. The summed E-state index contributed by atoms with van der Waals surface area (Å²) in [5.74, 6) is 0.0192. The smallest absolute Gasteiger partial charge is 0.318 e. The van der Waals surface area contributed by atoms with Crippen LogP contribution in [0.2, 0.25) is 0 Å². The molecule has 110 valence electrons. The fourth-order valence-electron chi connectivity index (χ4n) is 2.24. The van der Waals surface area contributed by atoms with E-state index in [4.69, 9.17) is 5.11 Å². The maximum absolute atomic E-state index is 12.2. The van der Waals surface area contributed by atoms with E-state index in [0.717, 1.165) is 5.82 Å². The van der Waals surface area contributed by atoms with Gasteiger partial charge < -0.3 is 19.9 Å². The summed E-state index contributed by atoms with van der Waals surface area (Å²) in [6.45, 7) is 5.57. The number of hydrogen-bond acceptors (Lipinski definition) is 3. The van der Waals surface area contributed by atoms with Crippen molar-refractivity contribution in [3.63, 3.8) is 0 Å². The fourth-order valence-corrected chi connectivity index (χ4v) is 2.24. The molecule has 1 aliphatic rings. The summed E-state index contributed by atoms with van der Waals surface area (Å²) in [6, 6.07) is -0.583. The summed E-state index contributed by atoms with van der Waals surface area (Å²) in [4.78, 5) is 28.9. The van der Waals surface area contributed by atoms with Gasteiger partial charge >= 0.3 is 12.0 Å². The quantitative estimate of drug-likeness (QED) is 0.858. The van der Waals surface area contributed by atoms with Crippen molar-refractivity contribution >= 4 is 12.0 Å². The number of carbonyl (C=O) groups is 2. The van der Waals surface area contributed by atoms with Gasteiger partial charge in [-0.2, -0.15) is 0 Å². The Morgan fingerprint density at radius 1 is 1.45 bits per heavy atom. The molecular weight excluding hydrogens is 260 g/mol. The Labute approximate surface area is 117 Å². The number of aromatic nitrogens is 2. The number of urea groups is 1. The van der Waals surface area contributed by atoms with Gasteiger partial charge in [0.15, 0.2) is 0 Å². The van der Waals surface area contributed by atoms with Crippen molar-refractivity contribution in [1.29, 1.82) is 0 Å². The highest BCUT2D eigenvalue weighted by atomic mass is 16.4. The number of carbonyl (C=O) groups excluding carboxylic acids is 1. The zero-order valence-electron chi connectivity index (χ0n) is 11.7. The molecule has 1 aliphatic heterocycles. The average molecular weight is 280 g/mol. The molecule has 7 nitrogen and oxygen atoms in total. The second-order valence-electron chi connectivity index (χ2n) is 5.36. The van der Waals surface area contributed by atoms with Gasteiger partial charge in [-0.1, -0.05) is 13.8 Å². The van der Waals surface area contributed by atoms with E-state index in [1.54, 1.807) is 11.1 Å². The molecule has 2 rings (SSSR count). The third-order valence-electron chi connectivity index (χ3n) is 3.54. The molecule has 0 spiro atoms. The number of carboxylic acids is 1. The zero-order valence-corrected chi connectivity index (χ0v) is 11.7. The van der Waals surface area contributed by atoms with Gasteiger partial charge in [-0.15, -0.1) is 0 Å². The molecule has 20 heavy (non-hydrogen) atoms. The molecule has 0 aliphatic carbocycles. The molecular formula is C13H20N4O3. The summed E-state index contributed by atoms with van der Waals surface area (Å²) in [6.07, 6.45) is 3.55. The van der Waals surface area contributed by atoms with Crippen LogP contribution in [0.3, 0.4) is 0 Å². The molecule has 0 bridgehead atoms. The molecule has 7 heteroatoms. The lowest BCUT2D eigenvalue weighted by Crippen LogP contribution is -2.49. The van der Waals surface area contributed by atoms with Crippen LogP contribution in [0.25, 0.3) is 0 Å². The molecule has 0 saturated heterocycles. The minimum absolute atomic E-state index is 0.0636. The first-order valence-corrected chi connectivity index (χ1v) is 6.74. The monoisotopic (exact) mass is 280 g/mol. The van der Waals surface area contributed by atoms with Crippen LogP contribution in [0.5, 0.6) is 0 Å². The van der Waals surface area contributed by atoms with Crippen LogP contribution in [0.1, 0.15) is 26.1 Å². The molecule has 0 radical (unpaired) electrons. The standard InChI is InChI=1S/C13H20N4O3/c1-9(2)10(7-12(18)19)15-13(20)17-6-5-16-4-3-14-11(16)8-17/h3-4,9-10H,5-8H2,1-2H3,(H,15,20)(H,18,19). The first-order chi connectivity index (χ1) is 9.47. The highest BCUT2D eigenvalue weighted by Gasteiger charge is 2.25. The average Bonchev–Trinajstić information content (AvgIpc) is 2.84. The number of imidazole rings is 1. The van der Waals surface area contributed by atoms with Gasteiger partial charge in [0.25, 0.3) is 0 Å². The number of hydrogen-bond donors (Lipinski definition) is 2. The number of aliphatic carboxylic acids is 1. The number of fused-ring (bicyclic) bond motifs is 1. The Morgan fingerprint density at radius 2 is 2.20 bits per heavy atom. The molecule has 1 aromatic rings. The van der Waals surface area contributed by atoms with E-state index in [1.807, 2.05) is 24.6 Å². The Morgan fingerprint density at radius 3 is 2.85 bits per heavy atom. The second-order valence-corrected chi connectivity index (χ2v) is 5.36. The van der Waals surface area contributed by atoms with Gasteiger partial charge in [0.2, 0.25) is 0 Å². The van der Waals surface area contributed by atoms with Crippen LogP contribution in [-0.2, 0) is 17.9 Å². The van der Waals surface area contributed by atoms with Gasteiger partial charge in [0.05, 0.1) is 13.0 Å². The highest BCUT2D eigenvalue weighted by molar-refractivity contribution is 5.76. The summed E-state index contributed by atoms with van der Waals surface area (Å²) in [5, 5.41) is 11.7. The lowest BCUT2D eigenvalue weighted by atomic mass is 10.0. The number of amides is 2. The van der Waals surface area contributed by atoms with Gasteiger partial charge in [0, 0.05) is 31.5 Å². The minimum Gasteiger partial charge on any atom is -0.481 e. The molecule has 2 amide bonds. The molecule has 0 saturated carbocycles. The molecule has 1 aromatic heterocycles. The lowest BCUT2D eigenvalue weighted by molar-refractivity contribution is -0.137. The molecule has 0 fully saturated rings. The maximum atomic E-state index is 12.2. The SMILES string of the molecule is CC(C)C(CC(=O)O)NC(=O)N1CCn2ccnc2C1. The molecule has 2 N–H and O–H groups in total. The van der Waals surface area contributed by atoms with Crippen LogP contribution in [0.15, 0.2) is 12.4 Å². The third-order valence-corrected chi connectivity index (χ3v) is 3.54. The van der Waals surface area contributed by atoms with Crippen LogP contribution >= 0.6 is 0 Å². The van der Waals surface area contributed by atoms with E-state index >= 15 is 0 Å². The van der Waals surface area contributed by atoms with E-state index in [2.05, 4.69) is 10.3 Å². The molecule has 2 heterocycles. The summed E-state index contributed by atoms with van der Waals surface area (Å²) >= 11 is 0. The first kappa shape index (κ1) is 14.4. The highest BCUT2D eigenvalue weighted by Crippen LogP contribution is 2.12. The zero-order chi connectivity index (χ0) is 14.7. The minimum atomic E-state index is -0.904. The van der Waals surface area contributed by atoms with Crippen molar-refractivity contribution in [2.45, 2.75) is 39.4 Å². The van der Waals surface area contributed by atoms with Gasteiger partial charge in [-0.25, -0.2) is 9.78 Å². The topological polar surface area (TPSA) is 87.5 Å². The predicted octanol–water partition coefficient (Wildman–Crippen LogP) is 0.908. The molecule has 1 unspecified atom stereocenters. The van der Waals surface area contributed by atoms with Crippen molar-refractivity contribution in [3.8, 4) is 0 Å². The number of nitrogens with one attached hydrogen (secondary N) is 1. The summed E-state index contributed by atoms with van der Waals surface area (Å²) in [5.41, 5.74) is 0. The van der Waals surface area contributed by atoms with E-state index in [0.29, 0.717) is 19.6 Å². The van der Waals surface area contributed by atoms with Crippen molar-refractivity contribution in [2.24, 2.45) is 5.92 Å². The van der Waals surface area contributed by atoms with Crippen molar-refractivity contribution in [1.82, 2.24) is 19.8 Å². The number of carboxylic acid groups (broad SMARTS) is 1. The number of rotatable bonds is 4. The maximum Gasteiger partial charge on any atom is 0.318 e. The van der Waals surface area contributed by atoms with E-state index in [-0.39, 0.29) is 24.4 Å². The predicted molar refractivity (Wildman–Crippen MR) is 72.0 cm³/mol. The van der Waals surface area contributed by atoms with E-state index < -0.39 is 5.97 Å². The number of nitrogens with zero attached hydrogens (tertiary/aromatic N) is 3. The summed E-state index contributed by atoms with van der Waals surface area (Å²) < 4.78 is 2.01. The van der Waals surface area contributed by atoms with Gasteiger partial charge in [0.1, 0.15) is 5.82 Å². The third kappa shape index (κ3) is 3.28. The second kappa shape index (κ2) is 5.94. The van der Waals surface area contributed by atoms with E-state index in [9.17, 15) is 9.59 Å². The van der Waals surface area contributed by atoms with Crippen molar-refractivity contribution in [3.05, 3.63) is 18.2 Å². The summed E-state index contributed by atoms with van der Waals surface area (Å²) in [7, 11) is 0. The van der Waals surface area contributed by atoms with Crippen LogP contribution in [-0.4, -0.2) is 44.1 Å². The first-order valence-electron chi connectivity index (χ1n) is 6.74. The Hall–Kier alpha value is -2.05. The normalized spacial score (nSPS) is 15.8. The fraction of sp³-hybridized carbons (Fsp3) is 0.615. The van der Waals surface area contributed by atoms with Crippen LogP contribution in [0.4, 0.5) is 4.79 Å².